The standard InChI is InChI=1S/C21H23N5O7/c1-11-17(15-8-6-5-7-9-15)20-22-24-26(25(20)23-11)21-19(33-14(4)29)18(32-13(3)28)16(10-30-21)31-12(2)27/h5-9,16,18-19,21H,10H2,1-4H3/t16-,18-,19-,21-/m1/s1. The molecule has 0 N–H and O–H groups in total. The first kappa shape index (κ1) is 22.4. The summed E-state index contributed by atoms with van der Waals surface area (Å²) in [4.78, 5) is 36.6. The van der Waals surface area contributed by atoms with Crippen molar-refractivity contribution in [1.29, 1.82) is 0 Å². The van der Waals surface area contributed by atoms with Crippen LogP contribution in [0.15, 0.2) is 30.3 Å². The van der Waals surface area contributed by atoms with Gasteiger partial charge in [-0.1, -0.05) is 30.3 Å². The number of nitrogens with zero attached hydrogens (tertiary/aromatic N) is 5. The maximum absolute atomic E-state index is 11.9. The molecule has 1 aromatic carbocycles. The lowest BCUT2D eigenvalue weighted by molar-refractivity contribution is -0.244. The van der Waals surface area contributed by atoms with Gasteiger partial charge < -0.3 is 18.9 Å². The minimum atomic E-state index is -1.18. The molecular weight excluding hydrogens is 434 g/mol. The predicted octanol–water partition coefficient (Wildman–Crippen LogP) is 1.23. The highest BCUT2D eigenvalue weighted by Crippen LogP contribution is 2.32. The van der Waals surface area contributed by atoms with Gasteiger partial charge in [-0.3, -0.25) is 14.4 Å². The topological polar surface area (TPSA) is 136 Å². The van der Waals surface area contributed by atoms with Crippen molar-refractivity contribution in [1.82, 2.24) is 24.8 Å². The number of aromatic nitrogens is 5. The molecule has 3 heterocycles. The molecule has 0 unspecified atom stereocenters. The Morgan fingerprint density at radius 3 is 2.24 bits per heavy atom. The number of carbonyl (C=O) groups excluding carboxylic acids is 3. The van der Waals surface area contributed by atoms with Crippen molar-refractivity contribution in [2.45, 2.75) is 52.2 Å². The molecule has 33 heavy (non-hydrogen) atoms. The Morgan fingerprint density at radius 2 is 1.61 bits per heavy atom. The van der Waals surface area contributed by atoms with Crippen LogP contribution < -0.4 is 0 Å². The number of hydrogen-bond acceptors (Lipinski definition) is 10. The molecule has 174 valence electrons. The van der Waals surface area contributed by atoms with E-state index in [0.717, 1.165) is 11.1 Å². The number of benzene rings is 1. The minimum absolute atomic E-state index is 0.132. The van der Waals surface area contributed by atoms with Crippen molar-refractivity contribution in [3.8, 4) is 11.1 Å². The molecule has 0 radical (unpaired) electrons. The lowest BCUT2D eigenvalue weighted by Gasteiger charge is -2.39. The fourth-order valence-electron chi connectivity index (χ4n) is 3.88. The third-order valence-corrected chi connectivity index (χ3v) is 5.06. The maximum Gasteiger partial charge on any atom is 0.303 e. The molecule has 1 aliphatic heterocycles. The van der Waals surface area contributed by atoms with Crippen LogP contribution >= 0.6 is 0 Å². The van der Waals surface area contributed by atoms with Crippen molar-refractivity contribution >= 4 is 23.6 Å². The molecule has 12 nitrogen and oxygen atoms in total. The smallest absolute Gasteiger partial charge is 0.303 e. The van der Waals surface area contributed by atoms with Crippen LogP contribution in [-0.2, 0) is 33.3 Å². The molecule has 4 rings (SSSR count). The second-order valence-corrected chi connectivity index (χ2v) is 7.57. The summed E-state index contributed by atoms with van der Waals surface area (Å²) in [5.74, 6) is -1.88. The van der Waals surface area contributed by atoms with Crippen LogP contribution in [0.5, 0.6) is 0 Å². The lowest BCUT2D eigenvalue weighted by atomic mass is 10.0. The summed E-state index contributed by atoms with van der Waals surface area (Å²) in [7, 11) is 0. The van der Waals surface area contributed by atoms with E-state index in [-0.39, 0.29) is 6.61 Å². The Hall–Kier alpha value is -3.80. The Bertz CT molecular complexity index is 1190. The Balaban J connectivity index is 1.77. The van der Waals surface area contributed by atoms with E-state index in [4.69, 9.17) is 18.9 Å². The zero-order valence-electron chi connectivity index (χ0n) is 18.5. The number of rotatable bonds is 5. The molecule has 0 spiro atoms. The van der Waals surface area contributed by atoms with Crippen LogP contribution in [-0.4, -0.2) is 67.7 Å². The molecule has 2 aromatic heterocycles. The number of ether oxygens (including phenoxy) is 4. The third-order valence-electron chi connectivity index (χ3n) is 5.06. The number of hydrogen-bond donors (Lipinski definition) is 0. The summed E-state index contributed by atoms with van der Waals surface area (Å²) < 4.78 is 23.4. The second-order valence-electron chi connectivity index (χ2n) is 7.57. The van der Waals surface area contributed by atoms with Gasteiger partial charge in [-0.15, -0.1) is 14.5 Å². The van der Waals surface area contributed by atoms with Crippen molar-refractivity contribution in [2.24, 2.45) is 0 Å². The summed E-state index contributed by atoms with van der Waals surface area (Å²) in [6.07, 6.45) is -4.35. The molecule has 4 atom stereocenters. The van der Waals surface area contributed by atoms with Gasteiger partial charge in [0.2, 0.25) is 11.9 Å². The van der Waals surface area contributed by atoms with Crippen molar-refractivity contribution < 1.29 is 33.3 Å². The van der Waals surface area contributed by atoms with E-state index in [2.05, 4.69) is 15.4 Å². The van der Waals surface area contributed by atoms with E-state index in [1.807, 2.05) is 37.3 Å². The number of fused-ring (bicyclic) bond motifs is 1. The number of aryl methyl sites for hydroxylation is 1. The van der Waals surface area contributed by atoms with Crippen LogP contribution in [0.2, 0.25) is 0 Å². The quantitative estimate of drug-likeness (QED) is 0.406. The number of tetrazole rings is 1. The number of esters is 3. The molecule has 0 aliphatic carbocycles. The summed E-state index contributed by atoms with van der Waals surface area (Å²) in [5, 5.41) is 13.0. The van der Waals surface area contributed by atoms with Gasteiger partial charge in [-0.2, -0.15) is 5.10 Å². The van der Waals surface area contributed by atoms with E-state index >= 15 is 0 Å². The molecule has 1 saturated heterocycles. The lowest BCUT2D eigenvalue weighted by Crippen LogP contribution is -2.56. The SMILES string of the molecule is CC(=O)O[C@@H]1[C@H](OC(C)=O)[C@H](OC(C)=O)CO[C@H]1n1nnc2c(-c3ccccc3)c(C)nn21. The van der Waals surface area contributed by atoms with Gasteiger partial charge >= 0.3 is 17.9 Å². The fraction of sp³-hybridized carbons (Fsp3) is 0.429. The van der Waals surface area contributed by atoms with Gasteiger partial charge in [0.25, 0.3) is 0 Å². The first-order valence-electron chi connectivity index (χ1n) is 10.3. The molecule has 3 aromatic rings. The Morgan fingerprint density at radius 1 is 0.970 bits per heavy atom. The van der Waals surface area contributed by atoms with Crippen LogP contribution in [0.1, 0.15) is 32.7 Å². The average molecular weight is 457 g/mol. The summed E-state index contributed by atoms with van der Waals surface area (Å²) in [6.45, 7) is 5.34. The van der Waals surface area contributed by atoms with Crippen molar-refractivity contribution in [3.63, 3.8) is 0 Å². The van der Waals surface area contributed by atoms with Gasteiger partial charge in [0.05, 0.1) is 17.9 Å². The second kappa shape index (κ2) is 8.98. The van der Waals surface area contributed by atoms with Crippen LogP contribution in [0, 0.1) is 6.92 Å². The highest BCUT2D eigenvalue weighted by molar-refractivity contribution is 5.79. The van der Waals surface area contributed by atoms with Gasteiger partial charge in [0.1, 0.15) is 0 Å². The molecule has 0 amide bonds. The van der Waals surface area contributed by atoms with E-state index in [9.17, 15) is 14.4 Å². The Kier molecular flexibility index (Phi) is 6.09. The van der Waals surface area contributed by atoms with E-state index in [1.54, 1.807) is 0 Å². The predicted molar refractivity (Wildman–Crippen MR) is 111 cm³/mol. The molecule has 0 bridgehead atoms. The molecular formula is C21H23N5O7. The highest BCUT2D eigenvalue weighted by Gasteiger charge is 2.49. The molecule has 1 aliphatic rings. The molecule has 12 heteroatoms. The van der Waals surface area contributed by atoms with Crippen LogP contribution in [0.25, 0.3) is 16.8 Å². The summed E-state index contributed by atoms with van der Waals surface area (Å²) in [6, 6.07) is 9.58. The summed E-state index contributed by atoms with van der Waals surface area (Å²) >= 11 is 0. The minimum Gasteiger partial charge on any atom is -0.456 e. The van der Waals surface area contributed by atoms with Gasteiger partial charge in [0.15, 0.2) is 18.3 Å². The summed E-state index contributed by atoms with van der Waals surface area (Å²) in [5.41, 5.74) is 2.87. The van der Waals surface area contributed by atoms with Crippen molar-refractivity contribution in [2.75, 3.05) is 6.61 Å². The fourth-order valence-corrected chi connectivity index (χ4v) is 3.88. The highest BCUT2D eigenvalue weighted by atomic mass is 16.6. The van der Waals surface area contributed by atoms with E-state index in [1.165, 1.54) is 30.2 Å². The number of carbonyl (C=O) groups is 3. The molecule has 0 saturated carbocycles. The van der Waals surface area contributed by atoms with E-state index < -0.39 is 42.4 Å². The monoisotopic (exact) mass is 457 g/mol. The largest absolute Gasteiger partial charge is 0.456 e. The normalized spacial score (nSPS) is 22.7. The average Bonchev–Trinajstić information content (AvgIpc) is 3.28. The van der Waals surface area contributed by atoms with Crippen molar-refractivity contribution in [3.05, 3.63) is 36.0 Å². The first-order chi connectivity index (χ1) is 15.8. The molecule has 1 fully saturated rings. The van der Waals surface area contributed by atoms with E-state index in [0.29, 0.717) is 11.3 Å². The third kappa shape index (κ3) is 4.42. The van der Waals surface area contributed by atoms with Gasteiger partial charge in [0, 0.05) is 20.8 Å². The zero-order chi connectivity index (χ0) is 23.7. The van der Waals surface area contributed by atoms with Crippen LogP contribution in [0.4, 0.5) is 0 Å². The van der Waals surface area contributed by atoms with Gasteiger partial charge in [-0.05, 0) is 17.7 Å². The maximum atomic E-state index is 11.9. The Labute approximate surface area is 188 Å². The first-order valence-corrected chi connectivity index (χ1v) is 10.3. The van der Waals surface area contributed by atoms with Gasteiger partial charge in [-0.25, -0.2) is 0 Å². The zero-order valence-corrected chi connectivity index (χ0v) is 18.5. The van der Waals surface area contributed by atoms with Crippen LogP contribution in [0.3, 0.4) is 0 Å².